The third kappa shape index (κ3) is 7.49. The van der Waals surface area contributed by atoms with Gasteiger partial charge in [0.2, 0.25) is 0 Å². The van der Waals surface area contributed by atoms with Gasteiger partial charge in [0.05, 0.1) is 26.3 Å². The molecule has 1 unspecified atom stereocenters. The van der Waals surface area contributed by atoms with Gasteiger partial charge in [0.25, 0.3) is 0 Å². The standard InChI is InChI=1S/C22H32N4O2S.HI/c1-3-23-21(25-17-22(2,27)20-8-13-29-16-20)24-14-18-6-4-5-7-19(18)15-26-9-11-28-12-10-26;/h4-8,13,16,27H,3,9-12,14-15,17H2,1-2H3,(H2,23,24,25);1H. The Bertz CT molecular complexity index is 777. The summed E-state index contributed by atoms with van der Waals surface area (Å²) >= 11 is 1.59. The molecule has 30 heavy (non-hydrogen) atoms. The average Bonchev–Trinajstić information content (AvgIpc) is 3.28. The second-order valence-electron chi connectivity index (χ2n) is 7.49. The van der Waals surface area contributed by atoms with Gasteiger partial charge in [0.15, 0.2) is 5.96 Å². The molecule has 1 aromatic heterocycles. The van der Waals surface area contributed by atoms with Crippen molar-refractivity contribution in [2.45, 2.75) is 32.5 Å². The average molecular weight is 545 g/mol. The van der Waals surface area contributed by atoms with Gasteiger partial charge in [0, 0.05) is 26.2 Å². The second kappa shape index (κ2) is 12.6. The summed E-state index contributed by atoms with van der Waals surface area (Å²) in [6.45, 7) is 10.1. The molecule has 0 saturated carbocycles. The van der Waals surface area contributed by atoms with Crippen molar-refractivity contribution in [3.8, 4) is 0 Å². The number of aliphatic hydroxyl groups is 1. The summed E-state index contributed by atoms with van der Waals surface area (Å²) in [5.41, 5.74) is 2.51. The molecule has 0 aliphatic carbocycles. The molecule has 1 aliphatic rings. The van der Waals surface area contributed by atoms with Crippen LogP contribution >= 0.6 is 35.3 Å². The van der Waals surface area contributed by atoms with Crippen molar-refractivity contribution in [3.05, 3.63) is 57.8 Å². The lowest BCUT2D eigenvalue weighted by molar-refractivity contribution is 0.0341. The van der Waals surface area contributed by atoms with Crippen molar-refractivity contribution in [2.24, 2.45) is 4.99 Å². The first-order valence-electron chi connectivity index (χ1n) is 10.2. The summed E-state index contributed by atoms with van der Waals surface area (Å²) in [6.07, 6.45) is 0. The third-order valence-corrected chi connectivity index (χ3v) is 5.79. The fraction of sp³-hybridized carbons (Fsp3) is 0.500. The highest BCUT2D eigenvalue weighted by atomic mass is 127. The van der Waals surface area contributed by atoms with Gasteiger partial charge < -0.3 is 20.5 Å². The molecule has 3 N–H and O–H groups in total. The predicted molar refractivity (Wildman–Crippen MR) is 135 cm³/mol. The third-order valence-electron chi connectivity index (χ3n) is 5.11. The Morgan fingerprint density at radius 2 is 1.93 bits per heavy atom. The largest absolute Gasteiger partial charge is 0.384 e. The summed E-state index contributed by atoms with van der Waals surface area (Å²) in [6, 6.07) is 10.4. The molecule has 1 saturated heterocycles. The van der Waals surface area contributed by atoms with Crippen LogP contribution in [0.2, 0.25) is 0 Å². The number of nitrogens with zero attached hydrogens (tertiary/aromatic N) is 2. The molecule has 0 spiro atoms. The number of ether oxygens (including phenoxy) is 1. The molecule has 2 heterocycles. The number of halogens is 1. The summed E-state index contributed by atoms with van der Waals surface area (Å²) in [4.78, 5) is 7.19. The van der Waals surface area contributed by atoms with Crippen molar-refractivity contribution < 1.29 is 9.84 Å². The number of hydrogen-bond acceptors (Lipinski definition) is 5. The monoisotopic (exact) mass is 544 g/mol. The first kappa shape index (κ1) is 25.1. The van der Waals surface area contributed by atoms with Gasteiger partial charge in [-0.15, -0.1) is 24.0 Å². The highest BCUT2D eigenvalue weighted by Gasteiger charge is 2.23. The minimum absolute atomic E-state index is 0. The van der Waals surface area contributed by atoms with Gasteiger partial charge in [-0.05, 0) is 47.4 Å². The molecule has 0 radical (unpaired) electrons. The summed E-state index contributed by atoms with van der Waals surface area (Å²) in [7, 11) is 0. The number of rotatable bonds is 8. The van der Waals surface area contributed by atoms with Gasteiger partial charge in [0.1, 0.15) is 5.60 Å². The van der Waals surface area contributed by atoms with E-state index in [1.54, 1.807) is 11.3 Å². The lowest BCUT2D eigenvalue weighted by Crippen LogP contribution is -2.44. The summed E-state index contributed by atoms with van der Waals surface area (Å²) in [5.74, 6) is 0.712. The SMILES string of the molecule is CCNC(=NCc1ccccc1CN1CCOCC1)NCC(C)(O)c1ccsc1.I. The molecule has 1 atom stereocenters. The molecule has 1 aromatic carbocycles. The highest BCUT2D eigenvalue weighted by molar-refractivity contribution is 14.0. The van der Waals surface area contributed by atoms with Crippen LogP contribution in [0.25, 0.3) is 0 Å². The van der Waals surface area contributed by atoms with E-state index in [1.807, 2.05) is 30.7 Å². The lowest BCUT2D eigenvalue weighted by atomic mass is 9.99. The molecular formula is C22H33IN4O2S. The predicted octanol–water partition coefficient (Wildman–Crippen LogP) is 3.16. The summed E-state index contributed by atoms with van der Waals surface area (Å²) in [5, 5.41) is 21.3. The van der Waals surface area contributed by atoms with Crippen molar-refractivity contribution in [1.82, 2.24) is 15.5 Å². The fourth-order valence-corrected chi connectivity index (χ4v) is 4.08. The minimum Gasteiger partial charge on any atom is -0.384 e. The van der Waals surface area contributed by atoms with Gasteiger partial charge >= 0.3 is 0 Å². The molecule has 0 amide bonds. The molecule has 2 aromatic rings. The van der Waals surface area contributed by atoms with Crippen LogP contribution < -0.4 is 10.6 Å². The maximum atomic E-state index is 10.7. The van der Waals surface area contributed by atoms with Gasteiger partial charge in [-0.1, -0.05) is 24.3 Å². The van der Waals surface area contributed by atoms with Crippen LogP contribution in [-0.4, -0.2) is 55.4 Å². The normalized spacial score (nSPS) is 17.1. The van der Waals surface area contributed by atoms with Crippen molar-refractivity contribution >= 4 is 41.3 Å². The number of hydrogen-bond donors (Lipinski definition) is 3. The quantitative estimate of drug-likeness (QED) is 0.271. The van der Waals surface area contributed by atoms with Crippen LogP contribution in [-0.2, 0) is 23.4 Å². The second-order valence-corrected chi connectivity index (χ2v) is 8.27. The number of morpholine rings is 1. The maximum absolute atomic E-state index is 10.7. The molecule has 6 nitrogen and oxygen atoms in total. The topological polar surface area (TPSA) is 69.1 Å². The van der Waals surface area contributed by atoms with Crippen LogP contribution in [0.3, 0.4) is 0 Å². The van der Waals surface area contributed by atoms with Crippen LogP contribution in [0.4, 0.5) is 0 Å². The Balaban J connectivity index is 0.00000320. The smallest absolute Gasteiger partial charge is 0.191 e. The lowest BCUT2D eigenvalue weighted by Gasteiger charge is -2.27. The Hall–Kier alpha value is -1.20. The first-order chi connectivity index (χ1) is 14.1. The van der Waals surface area contributed by atoms with E-state index in [4.69, 9.17) is 9.73 Å². The zero-order valence-corrected chi connectivity index (χ0v) is 20.9. The number of guanidine groups is 1. The first-order valence-corrected chi connectivity index (χ1v) is 11.2. The zero-order chi connectivity index (χ0) is 20.5. The van der Waals surface area contributed by atoms with Crippen LogP contribution in [0.5, 0.6) is 0 Å². The summed E-state index contributed by atoms with van der Waals surface area (Å²) < 4.78 is 5.45. The number of benzene rings is 1. The Morgan fingerprint density at radius 1 is 1.20 bits per heavy atom. The van der Waals surface area contributed by atoms with Gasteiger partial charge in [-0.2, -0.15) is 11.3 Å². The Labute approximate surface area is 200 Å². The van der Waals surface area contributed by atoms with E-state index >= 15 is 0 Å². The van der Waals surface area contributed by atoms with E-state index in [-0.39, 0.29) is 24.0 Å². The van der Waals surface area contributed by atoms with Crippen molar-refractivity contribution in [3.63, 3.8) is 0 Å². The van der Waals surface area contributed by atoms with E-state index in [0.29, 0.717) is 19.0 Å². The van der Waals surface area contributed by atoms with E-state index < -0.39 is 5.60 Å². The van der Waals surface area contributed by atoms with E-state index in [2.05, 4.69) is 39.8 Å². The van der Waals surface area contributed by atoms with Gasteiger partial charge in [-0.25, -0.2) is 4.99 Å². The van der Waals surface area contributed by atoms with Gasteiger partial charge in [-0.3, -0.25) is 4.90 Å². The Morgan fingerprint density at radius 3 is 2.60 bits per heavy atom. The number of nitrogens with one attached hydrogen (secondary N) is 2. The fourth-order valence-electron chi connectivity index (χ4n) is 3.30. The molecule has 1 fully saturated rings. The molecule has 1 aliphatic heterocycles. The van der Waals surface area contributed by atoms with Crippen LogP contribution in [0.1, 0.15) is 30.5 Å². The Kier molecular flexibility index (Phi) is 10.5. The highest BCUT2D eigenvalue weighted by Crippen LogP contribution is 2.22. The number of thiophene rings is 1. The van der Waals surface area contributed by atoms with Crippen LogP contribution in [0.15, 0.2) is 46.1 Å². The van der Waals surface area contributed by atoms with E-state index in [9.17, 15) is 5.11 Å². The van der Waals surface area contributed by atoms with Crippen LogP contribution in [0, 0.1) is 0 Å². The van der Waals surface area contributed by atoms with Crippen molar-refractivity contribution in [1.29, 1.82) is 0 Å². The van der Waals surface area contributed by atoms with Crippen molar-refractivity contribution in [2.75, 3.05) is 39.4 Å². The number of aliphatic imine (C=N–C) groups is 1. The molecule has 3 rings (SSSR count). The zero-order valence-electron chi connectivity index (χ0n) is 17.8. The molecule has 166 valence electrons. The molecular weight excluding hydrogens is 511 g/mol. The molecule has 8 heteroatoms. The maximum Gasteiger partial charge on any atom is 0.191 e. The van der Waals surface area contributed by atoms with E-state index in [0.717, 1.165) is 45.0 Å². The minimum atomic E-state index is -0.940. The molecule has 0 bridgehead atoms. The van der Waals surface area contributed by atoms with E-state index in [1.165, 1.54) is 11.1 Å².